The Bertz CT molecular complexity index is 377. The van der Waals surface area contributed by atoms with Crippen LogP contribution >= 0.6 is 0 Å². The first-order chi connectivity index (χ1) is 10.4. The van der Waals surface area contributed by atoms with Crippen LogP contribution in [-0.2, 0) is 14.3 Å². The normalized spacial score (nSPS) is 10.5. The molecule has 0 rings (SSSR count). The van der Waals surface area contributed by atoms with Crippen molar-refractivity contribution in [3.63, 3.8) is 0 Å². The van der Waals surface area contributed by atoms with Crippen LogP contribution in [0.3, 0.4) is 0 Å². The number of hydrogen-bond acceptors (Lipinski definition) is 3. The molecule has 0 bridgehead atoms. The molecule has 0 spiro atoms. The largest absolute Gasteiger partial charge is 0.381 e. The fraction of sp³-hybridized carbons (Fsp3) is 0.706. The van der Waals surface area contributed by atoms with Gasteiger partial charge in [-0.15, -0.1) is 5.73 Å². The summed E-state index contributed by atoms with van der Waals surface area (Å²) in [5.41, 5.74) is 2.66. The Balaban J connectivity index is 3.83. The molecule has 22 heavy (non-hydrogen) atoms. The van der Waals surface area contributed by atoms with E-state index in [0.29, 0.717) is 32.6 Å². The third-order valence-electron chi connectivity index (χ3n) is 3.09. The van der Waals surface area contributed by atoms with Gasteiger partial charge >= 0.3 is 0 Å². The summed E-state index contributed by atoms with van der Waals surface area (Å²) in [4.78, 5) is 25.5. The van der Waals surface area contributed by atoms with Crippen molar-refractivity contribution in [1.29, 1.82) is 0 Å². The summed E-state index contributed by atoms with van der Waals surface area (Å²) in [5.74, 6) is -0.0227. The van der Waals surface area contributed by atoms with Gasteiger partial charge in [0, 0.05) is 31.5 Å². The van der Waals surface area contributed by atoms with Crippen LogP contribution in [0, 0.1) is 0 Å². The second-order valence-electron chi connectivity index (χ2n) is 5.65. The molecule has 0 saturated heterocycles. The Morgan fingerprint density at radius 2 is 1.82 bits per heavy atom. The van der Waals surface area contributed by atoms with Crippen molar-refractivity contribution in [3.05, 3.63) is 18.4 Å². The molecule has 0 radical (unpaired) electrons. The van der Waals surface area contributed by atoms with Crippen LogP contribution in [0.5, 0.6) is 0 Å². The minimum absolute atomic E-state index is 0.0674. The number of hydrogen-bond donors (Lipinski definition) is 1. The predicted molar refractivity (Wildman–Crippen MR) is 88.5 cm³/mol. The molecule has 5 nitrogen and oxygen atoms in total. The van der Waals surface area contributed by atoms with Crippen molar-refractivity contribution >= 4 is 11.8 Å². The molecule has 0 unspecified atom stereocenters. The van der Waals surface area contributed by atoms with Gasteiger partial charge in [0.2, 0.25) is 11.8 Å². The van der Waals surface area contributed by atoms with Gasteiger partial charge in [-0.05, 0) is 40.2 Å². The molecular formula is C17H30N2O3. The van der Waals surface area contributed by atoms with Crippen molar-refractivity contribution in [2.45, 2.75) is 59.0 Å². The first-order valence-electron chi connectivity index (χ1n) is 7.90. The Morgan fingerprint density at radius 3 is 2.36 bits per heavy atom. The molecule has 0 aliphatic heterocycles. The van der Waals surface area contributed by atoms with Gasteiger partial charge in [0.05, 0.1) is 13.2 Å². The second-order valence-corrected chi connectivity index (χ2v) is 5.65. The maximum atomic E-state index is 12.1. The van der Waals surface area contributed by atoms with Gasteiger partial charge in [-0.25, -0.2) is 0 Å². The van der Waals surface area contributed by atoms with Crippen LogP contribution < -0.4 is 5.32 Å². The summed E-state index contributed by atoms with van der Waals surface area (Å²) in [6.07, 6.45) is 3.18. The smallest absolute Gasteiger partial charge is 0.224 e. The van der Waals surface area contributed by atoms with Crippen molar-refractivity contribution in [3.8, 4) is 0 Å². The highest BCUT2D eigenvalue weighted by Crippen LogP contribution is 2.07. The van der Waals surface area contributed by atoms with E-state index in [-0.39, 0.29) is 23.9 Å². The van der Waals surface area contributed by atoms with Crippen LogP contribution in [0.1, 0.15) is 47.0 Å². The monoisotopic (exact) mass is 310 g/mol. The number of rotatable bonds is 11. The number of ether oxygens (including phenoxy) is 1. The summed E-state index contributed by atoms with van der Waals surface area (Å²) in [6, 6.07) is 0.336. The third-order valence-corrected chi connectivity index (χ3v) is 3.09. The van der Waals surface area contributed by atoms with E-state index in [9.17, 15) is 9.59 Å². The molecule has 0 aliphatic rings. The summed E-state index contributed by atoms with van der Waals surface area (Å²) in [6.45, 7) is 12.8. The quantitative estimate of drug-likeness (QED) is 0.470. The van der Waals surface area contributed by atoms with Crippen LogP contribution in [0.15, 0.2) is 18.4 Å². The molecule has 0 heterocycles. The number of nitrogens with zero attached hydrogens (tertiary/aromatic N) is 1. The van der Waals surface area contributed by atoms with Crippen LogP contribution in [-0.4, -0.2) is 48.6 Å². The summed E-state index contributed by atoms with van der Waals surface area (Å²) in [5, 5.41) is 2.75. The molecule has 0 aliphatic carbocycles. The topological polar surface area (TPSA) is 58.6 Å². The van der Waals surface area contributed by atoms with Crippen molar-refractivity contribution < 1.29 is 14.3 Å². The first kappa shape index (κ1) is 20.4. The molecule has 0 saturated carbocycles. The molecule has 1 N–H and O–H groups in total. The number of amides is 2. The molecule has 2 amide bonds. The van der Waals surface area contributed by atoms with Crippen molar-refractivity contribution in [1.82, 2.24) is 10.2 Å². The molecular weight excluding hydrogens is 280 g/mol. The molecule has 0 atom stereocenters. The lowest BCUT2D eigenvalue weighted by Gasteiger charge is -2.30. The van der Waals surface area contributed by atoms with E-state index in [0.717, 1.165) is 6.42 Å². The first-order valence-corrected chi connectivity index (χ1v) is 7.90. The van der Waals surface area contributed by atoms with Gasteiger partial charge in [-0.1, -0.05) is 6.58 Å². The van der Waals surface area contributed by atoms with E-state index in [2.05, 4.69) is 17.6 Å². The molecule has 5 heteroatoms. The Labute approximate surface area is 134 Å². The number of carbonyl (C=O) groups is 2. The van der Waals surface area contributed by atoms with Gasteiger partial charge in [0.1, 0.15) is 0 Å². The van der Waals surface area contributed by atoms with Crippen molar-refractivity contribution in [2.75, 3.05) is 19.8 Å². The second kappa shape index (κ2) is 12.0. The Hall–Kier alpha value is -1.58. The summed E-state index contributed by atoms with van der Waals surface area (Å²) < 4.78 is 5.30. The minimum atomic E-state index is -0.0901. The molecule has 0 aromatic rings. The van der Waals surface area contributed by atoms with E-state index in [1.54, 1.807) is 6.08 Å². The lowest BCUT2D eigenvalue weighted by Crippen LogP contribution is -2.43. The zero-order chi connectivity index (χ0) is 17.0. The fourth-order valence-electron chi connectivity index (χ4n) is 2.21. The maximum Gasteiger partial charge on any atom is 0.224 e. The van der Waals surface area contributed by atoms with Gasteiger partial charge in [-0.3, -0.25) is 9.59 Å². The van der Waals surface area contributed by atoms with Crippen LogP contribution in [0.4, 0.5) is 0 Å². The van der Waals surface area contributed by atoms with Gasteiger partial charge in [-0.2, -0.15) is 0 Å². The highest BCUT2D eigenvalue weighted by atomic mass is 16.5. The van der Waals surface area contributed by atoms with Crippen LogP contribution in [0.2, 0.25) is 0 Å². The van der Waals surface area contributed by atoms with Gasteiger partial charge in [0.15, 0.2) is 0 Å². The average molecular weight is 310 g/mol. The average Bonchev–Trinajstić information content (AvgIpc) is 2.41. The number of nitrogens with one attached hydrogen (secondary N) is 1. The third kappa shape index (κ3) is 9.37. The SMILES string of the molecule is C=C=CCCOCCC(=O)NCCC(=O)N(C(C)C)C(C)C. The van der Waals surface area contributed by atoms with E-state index in [1.807, 2.05) is 32.6 Å². The zero-order valence-corrected chi connectivity index (χ0v) is 14.4. The fourth-order valence-corrected chi connectivity index (χ4v) is 2.21. The standard InChI is InChI=1S/C17H30N2O3/c1-6-7-8-12-22-13-10-16(20)18-11-9-17(21)19(14(2)3)15(4)5/h7,14-15H,1,8-13H2,2-5H3,(H,18,20). The van der Waals surface area contributed by atoms with Crippen LogP contribution in [0.25, 0.3) is 0 Å². The lowest BCUT2D eigenvalue weighted by atomic mass is 10.2. The van der Waals surface area contributed by atoms with Gasteiger partial charge in [0.25, 0.3) is 0 Å². The van der Waals surface area contributed by atoms with E-state index < -0.39 is 0 Å². The summed E-state index contributed by atoms with van der Waals surface area (Å²) in [7, 11) is 0. The highest BCUT2D eigenvalue weighted by Gasteiger charge is 2.19. The van der Waals surface area contributed by atoms with E-state index in [1.165, 1.54) is 0 Å². The molecule has 126 valence electrons. The van der Waals surface area contributed by atoms with E-state index in [4.69, 9.17) is 4.74 Å². The molecule has 0 aromatic heterocycles. The van der Waals surface area contributed by atoms with Gasteiger partial charge < -0.3 is 15.0 Å². The minimum Gasteiger partial charge on any atom is -0.381 e. The number of carbonyl (C=O) groups excluding carboxylic acids is 2. The summed E-state index contributed by atoms with van der Waals surface area (Å²) >= 11 is 0. The molecule has 0 aromatic carbocycles. The Kier molecular flexibility index (Phi) is 11.2. The van der Waals surface area contributed by atoms with Crippen molar-refractivity contribution in [2.24, 2.45) is 0 Å². The lowest BCUT2D eigenvalue weighted by molar-refractivity contribution is -0.134. The zero-order valence-electron chi connectivity index (χ0n) is 14.4. The van der Waals surface area contributed by atoms with E-state index >= 15 is 0 Å². The highest BCUT2D eigenvalue weighted by molar-refractivity contribution is 5.79. The Morgan fingerprint density at radius 1 is 1.18 bits per heavy atom. The maximum absolute atomic E-state index is 12.1. The molecule has 0 fully saturated rings. The predicted octanol–water partition coefficient (Wildman–Crippen LogP) is 2.28.